The highest BCUT2D eigenvalue weighted by Gasteiger charge is 2.90. The topological polar surface area (TPSA) is 95.2 Å². The van der Waals surface area contributed by atoms with Crippen molar-refractivity contribution >= 4 is 15.9 Å². The molecule has 1 aliphatic carbocycles. The summed E-state index contributed by atoms with van der Waals surface area (Å²) in [5, 5.41) is 37.3. The summed E-state index contributed by atoms with van der Waals surface area (Å²) in [6.45, 7) is 1.62. The fraction of sp³-hybridized carbons (Fsp3) is 0.286. The first-order valence-electron chi connectivity index (χ1n) is 5.40. The van der Waals surface area contributed by atoms with Crippen LogP contribution in [0.4, 0.5) is 0 Å². The number of nitrogens with zero attached hydrogens (tertiary/aromatic N) is 4. The van der Waals surface area contributed by atoms with Gasteiger partial charge in [0.1, 0.15) is 0 Å². The summed E-state index contributed by atoms with van der Waals surface area (Å²) < 4.78 is 0.847. The molecular weight excluding hydrogens is 304 g/mol. The highest BCUT2D eigenvalue weighted by molar-refractivity contribution is 9.10. The van der Waals surface area contributed by atoms with Crippen molar-refractivity contribution in [1.29, 1.82) is 21.0 Å². The predicted octanol–water partition coefficient (Wildman–Crippen LogP) is 2.79. The van der Waals surface area contributed by atoms with Crippen molar-refractivity contribution in [1.82, 2.24) is 0 Å². The average Bonchev–Trinajstić information content (AvgIpc) is 2.93. The molecule has 19 heavy (non-hydrogen) atoms. The van der Waals surface area contributed by atoms with E-state index in [0.717, 1.165) is 4.47 Å². The van der Waals surface area contributed by atoms with E-state index in [1.54, 1.807) is 31.2 Å². The zero-order valence-electron chi connectivity index (χ0n) is 9.98. The van der Waals surface area contributed by atoms with Crippen LogP contribution in [0.5, 0.6) is 0 Å². The Hall–Kier alpha value is -2.34. The van der Waals surface area contributed by atoms with Gasteiger partial charge in [0.2, 0.25) is 0 Å². The number of hydrogen-bond acceptors (Lipinski definition) is 4. The van der Waals surface area contributed by atoms with Crippen LogP contribution >= 0.6 is 15.9 Å². The maximum Gasteiger partial charge on any atom is 0.188 e. The lowest BCUT2D eigenvalue weighted by Gasteiger charge is -2.11. The molecule has 0 atom stereocenters. The van der Waals surface area contributed by atoms with Crippen molar-refractivity contribution in [3.63, 3.8) is 0 Å². The van der Waals surface area contributed by atoms with Gasteiger partial charge in [-0.2, -0.15) is 21.0 Å². The van der Waals surface area contributed by atoms with Gasteiger partial charge in [-0.25, -0.2) is 0 Å². The first-order valence-corrected chi connectivity index (χ1v) is 6.20. The monoisotopic (exact) mass is 310 g/mol. The lowest BCUT2D eigenvalue weighted by molar-refractivity contribution is 0.651. The lowest BCUT2D eigenvalue weighted by Crippen LogP contribution is -2.13. The maximum atomic E-state index is 9.32. The van der Waals surface area contributed by atoms with Crippen LogP contribution in [0.3, 0.4) is 0 Å². The minimum atomic E-state index is -1.63. The van der Waals surface area contributed by atoms with E-state index < -0.39 is 16.2 Å². The van der Waals surface area contributed by atoms with E-state index in [1.807, 2.05) is 24.3 Å². The van der Waals surface area contributed by atoms with E-state index in [4.69, 9.17) is 0 Å². The first-order chi connectivity index (χ1) is 8.99. The number of nitriles is 4. The van der Waals surface area contributed by atoms with Crippen LogP contribution in [0.15, 0.2) is 28.7 Å². The number of hydrogen-bond donors (Lipinski definition) is 0. The second-order valence-electron chi connectivity index (χ2n) is 4.58. The fourth-order valence-electron chi connectivity index (χ4n) is 2.77. The van der Waals surface area contributed by atoms with Crippen LogP contribution in [0.1, 0.15) is 12.5 Å². The van der Waals surface area contributed by atoms with E-state index in [9.17, 15) is 21.0 Å². The van der Waals surface area contributed by atoms with E-state index >= 15 is 0 Å². The quantitative estimate of drug-likeness (QED) is 0.796. The molecule has 0 N–H and O–H groups in total. The Labute approximate surface area is 119 Å². The summed E-state index contributed by atoms with van der Waals surface area (Å²) >= 11 is 3.30. The summed E-state index contributed by atoms with van der Waals surface area (Å²) in [5.74, 6) is 0. The standard InChI is InChI=1S/C14H7BrN4/c1-12(10-2-4-11(15)5-3-10)13(6-16,7-17)14(12,8-18)9-19/h2-5H,1H3. The van der Waals surface area contributed by atoms with E-state index in [1.165, 1.54) is 0 Å². The summed E-state index contributed by atoms with van der Waals surface area (Å²) in [6, 6.07) is 14.5. The number of halogens is 1. The summed E-state index contributed by atoms with van der Waals surface area (Å²) in [5.41, 5.74) is -3.72. The molecule has 0 unspecified atom stereocenters. The van der Waals surface area contributed by atoms with Crippen LogP contribution < -0.4 is 0 Å². The molecule has 0 aromatic heterocycles. The van der Waals surface area contributed by atoms with Gasteiger partial charge in [-0.15, -0.1) is 0 Å². The third-order valence-electron chi connectivity index (χ3n) is 4.09. The highest BCUT2D eigenvalue weighted by atomic mass is 79.9. The van der Waals surface area contributed by atoms with Crippen LogP contribution in [-0.4, -0.2) is 0 Å². The molecule has 0 radical (unpaired) electrons. The summed E-state index contributed by atoms with van der Waals surface area (Å²) in [7, 11) is 0. The first kappa shape index (κ1) is 13.1. The smallest absolute Gasteiger partial charge is 0.188 e. The average molecular weight is 311 g/mol. The Morgan fingerprint density at radius 3 is 1.53 bits per heavy atom. The van der Waals surface area contributed by atoms with Gasteiger partial charge in [-0.3, -0.25) is 0 Å². The molecule has 0 heterocycles. The maximum absolute atomic E-state index is 9.32. The van der Waals surface area contributed by atoms with Gasteiger partial charge in [0.25, 0.3) is 0 Å². The van der Waals surface area contributed by atoms with E-state index in [-0.39, 0.29) is 0 Å². The third-order valence-corrected chi connectivity index (χ3v) is 4.62. The van der Waals surface area contributed by atoms with Gasteiger partial charge in [0.15, 0.2) is 10.8 Å². The van der Waals surface area contributed by atoms with Gasteiger partial charge in [0.05, 0.1) is 29.7 Å². The second-order valence-corrected chi connectivity index (χ2v) is 5.49. The molecular formula is C14H7BrN4. The van der Waals surface area contributed by atoms with Gasteiger partial charge in [0, 0.05) is 4.47 Å². The van der Waals surface area contributed by atoms with Gasteiger partial charge >= 0.3 is 0 Å². The Kier molecular flexibility index (Phi) is 2.64. The molecule has 90 valence electrons. The molecule has 5 heteroatoms. The van der Waals surface area contributed by atoms with Gasteiger partial charge in [-0.1, -0.05) is 35.0 Å². The summed E-state index contributed by atoms with van der Waals surface area (Å²) in [6.07, 6.45) is 0. The van der Waals surface area contributed by atoms with Gasteiger partial charge < -0.3 is 0 Å². The largest absolute Gasteiger partial charge is 0.196 e. The Balaban J connectivity index is 2.73. The minimum absolute atomic E-state index is 0.641. The molecule has 2 rings (SSSR count). The van der Waals surface area contributed by atoms with Crippen molar-refractivity contribution in [2.75, 3.05) is 0 Å². The Morgan fingerprint density at radius 1 is 0.842 bits per heavy atom. The van der Waals surface area contributed by atoms with Crippen molar-refractivity contribution in [2.45, 2.75) is 12.3 Å². The molecule has 1 fully saturated rings. The predicted molar refractivity (Wildman–Crippen MR) is 68.8 cm³/mol. The third kappa shape index (κ3) is 1.14. The molecule has 1 aromatic carbocycles. The molecule has 0 aliphatic heterocycles. The minimum Gasteiger partial charge on any atom is -0.196 e. The molecule has 1 aromatic rings. The molecule has 1 aliphatic rings. The molecule has 1 saturated carbocycles. The number of rotatable bonds is 1. The van der Waals surface area contributed by atoms with E-state index in [2.05, 4.69) is 15.9 Å². The zero-order chi connectivity index (χ0) is 14.3. The SMILES string of the molecule is CC1(c2ccc(Br)cc2)C(C#N)(C#N)C1(C#N)C#N. The highest BCUT2D eigenvalue weighted by Crippen LogP contribution is 2.77. The molecule has 0 bridgehead atoms. The molecule has 0 saturated heterocycles. The molecule has 0 spiro atoms. The van der Waals surface area contributed by atoms with Crippen molar-refractivity contribution in [3.05, 3.63) is 34.3 Å². The van der Waals surface area contributed by atoms with Crippen molar-refractivity contribution in [3.8, 4) is 24.3 Å². The van der Waals surface area contributed by atoms with Crippen molar-refractivity contribution < 1.29 is 0 Å². The lowest BCUT2D eigenvalue weighted by atomic mass is 9.88. The van der Waals surface area contributed by atoms with E-state index in [0.29, 0.717) is 5.56 Å². The summed E-state index contributed by atoms with van der Waals surface area (Å²) in [4.78, 5) is 0. The Morgan fingerprint density at radius 2 is 1.21 bits per heavy atom. The molecule has 4 nitrogen and oxygen atoms in total. The van der Waals surface area contributed by atoms with Crippen molar-refractivity contribution in [2.24, 2.45) is 10.8 Å². The van der Waals surface area contributed by atoms with Crippen LogP contribution in [-0.2, 0) is 5.41 Å². The fourth-order valence-corrected chi connectivity index (χ4v) is 3.03. The van der Waals surface area contributed by atoms with Gasteiger partial charge in [-0.05, 0) is 17.7 Å². The van der Waals surface area contributed by atoms with Crippen LogP contribution in [0.25, 0.3) is 0 Å². The second kappa shape index (κ2) is 3.83. The van der Waals surface area contributed by atoms with Crippen LogP contribution in [0.2, 0.25) is 0 Å². The molecule has 0 amide bonds. The van der Waals surface area contributed by atoms with Crippen LogP contribution in [0, 0.1) is 56.2 Å². The normalized spacial score (nSPS) is 20.1. The number of benzene rings is 1. The Bertz CT molecular complexity index is 640. The zero-order valence-corrected chi connectivity index (χ0v) is 11.6.